The number of aliphatic imine (C=N–C) groups is 1. The fourth-order valence-electron chi connectivity index (χ4n) is 2.55. The SMILES string of the molecule is C=Cc1ccc(N)cc1.C=Cc1ccc(N=Cc2ccccc2)cc1.O=Cc1ccccc1. The Labute approximate surface area is 196 Å². The summed E-state index contributed by atoms with van der Waals surface area (Å²) >= 11 is 0. The summed E-state index contributed by atoms with van der Waals surface area (Å²) < 4.78 is 0. The minimum atomic E-state index is 0.729. The largest absolute Gasteiger partial charge is 0.399 e. The molecule has 0 amide bonds. The van der Waals surface area contributed by atoms with E-state index < -0.39 is 0 Å². The number of rotatable bonds is 5. The third kappa shape index (κ3) is 9.90. The second-order valence-electron chi connectivity index (χ2n) is 6.86. The summed E-state index contributed by atoms with van der Waals surface area (Å²) in [6.07, 6.45) is 6.31. The van der Waals surface area contributed by atoms with Crippen LogP contribution < -0.4 is 5.73 Å². The first-order valence-electron chi connectivity index (χ1n) is 10.4. The van der Waals surface area contributed by atoms with Gasteiger partial charge in [0, 0.05) is 17.5 Å². The summed E-state index contributed by atoms with van der Waals surface area (Å²) in [7, 11) is 0. The number of carbonyl (C=O) groups excluding carboxylic acids is 1. The molecule has 0 saturated carbocycles. The van der Waals surface area contributed by atoms with E-state index in [1.807, 2.05) is 109 Å². The molecule has 0 heterocycles. The number of nitrogen functional groups attached to an aromatic ring is 1. The van der Waals surface area contributed by atoms with Gasteiger partial charge in [0.1, 0.15) is 6.29 Å². The summed E-state index contributed by atoms with van der Waals surface area (Å²) in [4.78, 5) is 14.4. The Morgan fingerprint density at radius 3 is 1.45 bits per heavy atom. The van der Waals surface area contributed by atoms with E-state index in [9.17, 15) is 4.79 Å². The molecule has 0 atom stereocenters. The minimum Gasteiger partial charge on any atom is -0.399 e. The molecule has 0 fully saturated rings. The molecule has 33 heavy (non-hydrogen) atoms. The zero-order valence-electron chi connectivity index (χ0n) is 18.5. The predicted octanol–water partition coefficient (Wildman–Crippen LogP) is 7.49. The molecule has 0 bridgehead atoms. The third-order valence-corrected chi connectivity index (χ3v) is 4.40. The highest BCUT2D eigenvalue weighted by Crippen LogP contribution is 2.13. The maximum atomic E-state index is 10.0. The van der Waals surface area contributed by atoms with Crippen molar-refractivity contribution in [1.82, 2.24) is 0 Å². The van der Waals surface area contributed by atoms with Gasteiger partial charge in [-0.2, -0.15) is 0 Å². The third-order valence-electron chi connectivity index (χ3n) is 4.40. The number of hydrogen-bond donors (Lipinski definition) is 1. The average molecular weight is 433 g/mol. The van der Waals surface area contributed by atoms with E-state index in [2.05, 4.69) is 18.2 Å². The molecule has 164 valence electrons. The number of nitrogens with zero attached hydrogens (tertiary/aromatic N) is 1. The van der Waals surface area contributed by atoms with Crippen LogP contribution in [0.4, 0.5) is 11.4 Å². The highest BCUT2D eigenvalue weighted by Gasteiger charge is 1.89. The van der Waals surface area contributed by atoms with E-state index in [-0.39, 0.29) is 0 Å². The first kappa shape index (κ1) is 24.8. The lowest BCUT2D eigenvalue weighted by molar-refractivity contribution is 0.112. The number of benzene rings is 4. The van der Waals surface area contributed by atoms with Crippen LogP contribution in [0.1, 0.15) is 27.0 Å². The minimum absolute atomic E-state index is 0.729. The van der Waals surface area contributed by atoms with Crippen LogP contribution in [0.3, 0.4) is 0 Å². The lowest BCUT2D eigenvalue weighted by Gasteiger charge is -1.95. The number of anilines is 1. The van der Waals surface area contributed by atoms with Crippen LogP contribution in [0.15, 0.2) is 127 Å². The van der Waals surface area contributed by atoms with Crippen molar-refractivity contribution in [3.05, 3.63) is 145 Å². The molecule has 3 nitrogen and oxygen atoms in total. The Bertz CT molecular complexity index is 1130. The molecule has 0 aliphatic rings. The van der Waals surface area contributed by atoms with Crippen molar-refractivity contribution in [2.24, 2.45) is 4.99 Å². The zero-order valence-corrected chi connectivity index (χ0v) is 18.5. The summed E-state index contributed by atoms with van der Waals surface area (Å²) in [6.45, 7) is 7.34. The Kier molecular flexibility index (Phi) is 10.9. The normalized spacial score (nSPS) is 9.58. The lowest BCUT2D eigenvalue weighted by Crippen LogP contribution is -1.81. The first-order chi connectivity index (χ1) is 16.1. The predicted molar refractivity (Wildman–Crippen MR) is 143 cm³/mol. The maximum absolute atomic E-state index is 10.0. The second kappa shape index (κ2) is 14.5. The molecule has 0 aliphatic carbocycles. The van der Waals surface area contributed by atoms with Gasteiger partial charge in [-0.1, -0.05) is 110 Å². The van der Waals surface area contributed by atoms with Gasteiger partial charge in [0.25, 0.3) is 0 Å². The van der Waals surface area contributed by atoms with Crippen LogP contribution in [0, 0.1) is 0 Å². The molecule has 0 saturated heterocycles. The van der Waals surface area contributed by atoms with E-state index in [4.69, 9.17) is 5.73 Å². The van der Waals surface area contributed by atoms with E-state index >= 15 is 0 Å². The van der Waals surface area contributed by atoms with Crippen LogP contribution in [-0.2, 0) is 0 Å². The summed E-state index contributed by atoms with van der Waals surface area (Å²) in [5, 5.41) is 0. The van der Waals surface area contributed by atoms with Crippen molar-refractivity contribution in [2.75, 3.05) is 5.73 Å². The van der Waals surface area contributed by atoms with Crippen molar-refractivity contribution >= 4 is 36.0 Å². The van der Waals surface area contributed by atoms with Crippen LogP contribution in [-0.4, -0.2) is 12.5 Å². The Morgan fingerprint density at radius 1 is 0.576 bits per heavy atom. The molecule has 3 heteroatoms. The molecule has 0 spiro atoms. The Balaban J connectivity index is 0.000000192. The first-order valence-corrected chi connectivity index (χ1v) is 10.4. The number of hydrogen-bond acceptors (Lipinski definition) is 3. The van der Waals surface area contributed by atoms with Crippen molar-refractivity contribution in [3.63, 3.8) is 0 Å². The van der Waals surface area contributed by atoms with Gasteiger partial charge in [0.15, 0.2) is 0 Å². The van der Waals surface area contributed by atoms with Gasteiger partial charge in [-0.25, -0.2) is 0 Å². The van der Waals surface area contributed by atoms with Crippen molar-refractivity contribution in [1.29, 1.82) is 0 Å². The molecule has 0 radical (unpaired) electrons. The molecular weight excluding hydrogens is 404 g/mol. The van der Waals surface area contributed by atoms with Crippen molar-refractivity contribution < 1.29 is 4.79 Å². The number of aldehydes is 1. The molecule has 4 aromatic rings. The molecule has 2 N–H and O–H groups in total. The second-order valence-corrected chi connectivity index (χ2v) is 6.86. The van der Waals surface area contributed by atoms with Gasteiger partial charge in [-0.15, -0.1) is 0 Å². The van der Waals surface area contributed by atoms with Crippen molar-refractivity contribution in [2.45, 2.75) is 0 Å². The lowest BCUT2D eigenvalue weighted by atomic mass is 10.2. The average Bonchev–Trinajstić information content (AvgIpc) is 2.90. The molecule has 4 aromatic carbocycles. The Hall–Kier alpha value is -4.50. The van der Waals surface area contributed by atoms with Gasteiger partial charge in [-0.3, -0.25) is 9.79 Å². The number of nitrogens with two attached hydrogens (primary N) is 1. The smallest absolute Gasteiger partial charge is 0.150 e. The highest BCUT2D eigenvalue weighted by atomic mass is 16.1. The van der Waals surface area contributed by atoms with Crippen molar-refractivity contribution in [3.8, 4) is 0 Å². The van der Waals surface area contributed by atoms with Gasteiger partial charge < -0.3 is 5.73 Å². The highest BCUT2D eigenvalue weighted by molar-refractivity contribution is 5.81. The van der Waals surface area contributed by atoms with Gasteiger partial charge in [0.2, 0.25) is 0 Å². The van der Waals surface area contributed by atoms with E-state index in [0.717, 1.165) is 39.9 Å². The van der Waals surface area contributed by atoms with Crippen LogP contribution >= 0.6 is 0 Å². The fourth-order valence-corrected chi connectivity index (χ4v) is 2.55. The van der Waals surface area contributed by atoms with Crippen LogP contribution in [0.25, 0.3) is 12.2 Å². The van der Waals surface area contributed by atoms with Crippen LogP contribution in [0.2, 0.25) is 0 Å². The summed E-state index contributed by atoms with van der Waals surface area (Å²) in [6, 6.07) is 34.7. The van der Waals surface area contributed by atoms with E-state index in [1.54, 1.807) is 18.2 Å². The van der Waals surface area contributed by atoms with E-state index in [0.29, 0.717) is 0 Å². The van der Waals surface area contributed by atoms with Crippen LogP contribution in [0.5, 0.6) is 0 Å². The summed E-state index contributed by atoms with van der Waals surface area (Å²) in [5.41, 5.74) is 11.2. The Morgan fingerprint density at radius 2 is 1.03 bits per heavy atom. The molecule has 0 aliphatic heterocycles. The molecular formula is C30H28N2O. The zero-order chi connectivity index (χ0) is 23.7. The maximum Gasteiger partial charge on any atom is 0.150 e. The van der Waals surface area contributed by atoms with Gasteiger partial charge >= 0.3 is 0 Å². The topological polar surface area (TPSA) is 55.4 Å². The van der Waals surface area contributed by atoms with Gasteiger partial charge in [-0.05, 0) is 41.0 Å². The molecule has 0 aromatic heterocycles. The van der Waals surface area contributed by atoms with E-state index in [1.165, 1.54) is 0 Å². The quantitative estimate of drug-likeness (QED) is 0.202. The summed E-state index contributed by atoms with van der Waals surface area (Å²) in [5.74, 6) is 0. The fraction of sp³-hybridized carbons (Fsp3) is 0. The monoisotopic (exact) mass is 432 g/mol. The molecule has 0 unspecified atom stereocenters. The molecule has 4 rings (SSSR count). The van der Waals surface area contributed by atoms with Gasteiger partial charge in [0.05, 0.1) is 5.69 Å². The standard InChI is InChI=1S/C15H13N.C8H9N.C7H6O/c1-2-13-8-10-15(11-9-13)16-12-14-6-4-3-5-7-14;1-2-7-3-5-8(9)6-4-7;8-6-7-4-2-1-3-5-7/h2-12H,1H2;2-6H,1,9H2;1-6H. The number of carbonyl (C=O) groups is 1.